The average Bonchev–Trinajstić information content (AvgIpc) is 2.96. The molecule has 3 heterocycles. The molecule has 0 spiro atoms. The van der Waals surface area contributed by atoms with Crippen molar-refractivity contribution in [1.29, 1.82) is 0 Å². The standard InChI is InChI=1S/C12H19N3O2S2/c1-19(16,17)15-7-10-3-2-5-14(11(10)8-15)9-12-13-4-6-18-12/h4,6,10-11H,2-3,5,7-9H2,1H3/t10-,11+/m1/s1. The first-order valence-electron chi connectivity index (χ1n) is 6.61. The number of aromatic nitrogens is 1. The lowest BCUT2D eigenvalue weighted by Gasteiger charge is -2.36. The first-order chi connectivity index (χ1) is 9.04. The van der Waals surface area contributed by atoms with Gasteiger partial charge in [0, 0.05) is 30.7 Å². The number of thiazole rings is 1. The lowest BCUT2D eigenvalue weighted by molar-refractivity contribution is 0.117. The number of likely N-dealkylation sites (tertiary alicyclic amines) is 1. The van der Waals surface area contributed by atoms with Crippen LogP contribution < -0.4 is 0 Å². The molecule has 0 aromatic carbocycles. The topological polar surface area (TPSA) is 53.5 Å². The highest BCUT2D eigenvalue weighted by atomic mass is 32.2. The van der Waals surface area contributed by atoms with E-state index in [0.717, 1.165) is 30.9 Å². The summed E-state index contributed by atoms with van der Waals surface area (Å²) >= 11 is 1.67. The van der Waals surface area contributed by atoms with Crippen LogP contribution in [0.15, 0.2) is 11.6 Å². The van der Waals surface area contributed by atoms with Crippen molar-refractivity contribution in [3.05, 3.63) is 16.6 Å². The number of rotatable bonds is 3. The third-order valence-corrected chi connectivity index (χ3v) is 6.15. The van der Waals surface area contributed by atoms with Gasteiger partial charge in [-0.05, 0) is 25.3 Å². The van der Waals surface area contributed by atoms with E-state index in [1.165, 1.54) is 6.26 Å². The van der Waals surface area contributed by atoms with Gasteiger partial charge in [0.25, 0.3) is 0 Å². The van der Waals surface area contributed by atoms with Gasteiger partial charge in [-0.15, -0.1) is 11.3 Å². The summed E-state index contributed by atoms with van der Waals surface area (Å²) in [5.74, 6) is 0.489. The highest BCUT2D eigenvalue weighted by molar-refractivity contribution is 7.88. The lowest BCUT2D eigenvalue weighted by atomic mass is 9.92. The Bertz CT molecular complexity index is 529. The van der Waals surface area contributed by atoms with Crippen LogP contribution in [0.5, 0.6) is 0 Å². The van der Waals surface area contributed by atoms with Crippen molar-refractivity contribution in [2.75, 3.05) is 25.9 Å². The number of nitrogens with zero attached hydrogens (tertiary/aromatic N) is 3. The van der Waals surface area contributed by atoms with E-state index in [1.54, 1.807) is 15.6 Å². The summed E-state index contributed by atoms with van der Waals surface area (Å²) < 4.78 is 25.0. The normalized spacial score (nSPS) is 29.5. The maximum atomic E-state index is 11.7. The molecule has 0 N–H and O–H groups in total. The maximum absolute atomic E-state index is 11.7. The fourth-order valence-electron chi connectivity index (χ4n) is 3.21. The molecular formula is C12H19N3O2S2. The predicted molar refractivity (Wildman–Crippen MR) is 75.5 cm³/mol. The van der Waals surface area contributed by atoms with Crippen LogP contribution in [-0.4, -0.2) is 54.5 Å². The molecule has 0 amide bonds. The summed E-state index contributed by atoms with van der Waals surface area (Å²) in [6.07, 6.45) is 5.45. The Hall–Kier alpha value is -0.500. The molecule has 106 valence electrons. The summed E-state index contributed by atoms with van der Waals surface area (Å²) in [5, 5.41) is 3.12. The Kier molecular flexibility index (Phi) is 3.63. The zero-order chi connectivity index (χ0) is 13.5. The summed E-state index contributed by atoms with van der Waals surface area (Å²) in [5.41, 5.74) is 0. The van der Waals surface area contributed by atoms with E-state index in [-0.39, 0.29) is 0 Å². The van der Waals surface area contributed by atoms with Gasteiger partial charge in [0.2, 0.25) is 10.0 Å². The van der Waals surface area contributed by atoms with Crippen LogP contribution in [0.1, 0.15) is 17.8 Å². The summed E-state index contributed by atoms with van der Waals surface area (Å²) in [7, 11) is -3.05. The number of piperidine rings is 1. The van der Waals surface area contributed by atoms with Gasteiger partial charge in [-0.1, -0.05) is 0 Å². The van der Waals surface area contributed by atoms with Crippen LogP contribution in [0.25, 0.3) is 0 Å². The number of fused-ring (bicyclic) bond motifs is 1. The van der Waals surface area contributed by atoms with E-state index in [4.69, 9.17) is 0 Å². The molecule has 2 fully saturated rings. The summed E-state index contributed by atoms with van der Waals surface area (Å²) in [6, 6.07) is 0.368. The molecule has 0 aliphatic carbocycles. The number of hydrogen-bond acceptors (Lipinski definition) is 5. The van der Waals surface area contributed by atoms with Crippen LogP contribution in [0.2, 0.25) is 0 Å². The third-order valence-electron chi connectivity index (χ3n) is 4.15. The van der Waals surface area contributed by atoms with Gasteiger partial charge in [-0.25, -0.2) is 17.7 Å². The second-order valence-corrected chi connectivity index (χ2v) is 8.41. The van der Waals surface area contributed by atoms with E-state index in [9.17, 15) is 8.42 Å². The highest BCUT2D eigenvalue weighted by Crippen LogP contribution is 2.32. The molecular weight excluding hydrogens is 282 g/mol. The molecule has 1 aromatic rings. The largest absolute Gasteiger partial charge is 0.292 e. The molecule has 3 rings (SSSR count). The Morgan fingerprint density at radius 2 is 2.32 bits per heavy atom. The molecule has 2 atom stereocenters. The molecule has 0 bridgehead atoms. The van der Waals surface area contributed by atoms with E-state index in [0.29, 0.717) is 25.0 Å². The molecule has 2 aliphatic heterocycles. The minimum Gasteiger partial charge on any atom is -0.292 e. The fraction of sp³-hybridized carbons (Fsp3) is 0.750. The van der Waals surface area contributed by atoms with Gasteiger partial charge < -0.3 is 0 Å². The van der Waals surface area contributed by atoms with E-state index in [2.05, 4.69) is 9.88 Å². The second-order valence-electron chi connectivity index (χ2n) is 5.45. The van der Waals surface area contributed by atoms with Crippen molar-refractivity contribution in [3.63, 3.8) is 0 Å². The van der Waals surface area contributed by atoms with Gasteiger partial charge in [0.1, 0.15) is 5.01 Å². The molecule has 0 radical (unpaired) electrons. The Balaban J connectivity index is 1.73. The Morgan fingerprint density at radius 3 is 3.00 bits per heavy atom. The average molecular weight is 301 g/mol. The monoisotopic (exact) mass is 301 g/mol. The van der Waals surface area contributed by atoms with E-state index >= 15 is 0 Å². The molecule has 2 saturated heterocycles. The van der Waals surface area contributed by atoms with Crippen LogP contribution >= 0.6 is 11.3 Å². The number of sulfonamides is 1. The van der Waals surface area contributed by atoms with Crippen LogP contribution in [-0.2, 0) is 16.6 Å². The van der Waals surface area contributed by atoms with E-state index < -0.39 is 10.0 Å². The predicted octanol–water partition coefficient (Wildman–Crippen LogP) is 0.999. The molecule has 0 unspecified atom stereocenters. The zero-order valence-electron chi connectivity index (χ0n) is 11.0. The van der Waals surface area contributed by atoms with Gasteiger partial charge in [0.15, 0.2) is 0 Å². The fourth-order valence-corrected chi connectivity index (χ4v) is 4.73. The minimum absolute atomic E-state index is 0.368. The maximum Gasteiger partial charge on any atom is 0.211 e. The van der Waals surface area contributed by atoms with Crippen LogP contribution in [0.4, 0.5) is 0 Å². The van der Waals surface area contributed by atoms with Crippen LogP contribution in [0.3, 0.4) is 0 Å². The van der Waals surface area contributed by atoms with Crippen molar-refractivity contribution >= 4 is 21.4 Å². The van der Waals surface area contributed by atoms with Gasteiger partial charge in [0.05, 0.1) is 12.8 Å². The highest BCUT2D eigenvalue weighted by Gasteiger charge is 2.41. The second kappa shape index (κ2) is 5.12. The van der Waals surface area contributed by atoms with Crippen LogP contribution in [0, 0.1) is 5.92 Å². The Labute approximate surface area is 118 Å². The van der Waals surface area contributed by atoms with Crippen molar-refractivity contribution < 1.29 is 8.42 Å². The summed E-state index contributed by atoms with van der Waals surface area (Å²) in [4.78, 5) is 6.75. The molecule has 19 heavy (non-hydrogen) atoms. The smallest absolute Gasteiger partial charge is 0.211 e. The summed E-state index contributed by atoms with van der Waals surface area (Å²) in [6.45, 7) is 3.25. The van der Waals surface area contributed by atoms with Gasteiger partial charge >= 0.3 is 0 Å². The quantitative estimate of drug-likeness (QED) is 0.836. The molecule has 1 aromatic heterocycles. The third kappa shape index (κ3) is 2.84. The van der Waals surface area contributed by atoms with Crippen molar-refractivity contribution in [2.24, 2.45) is 5.92 Å². The molecule has 2 aliphatic rings. The van der Waals surface area contributed by atoms with Gasteiger partial charge in [-0.2, -0.15) is 0 Å². The Morgan fingerprint density at radius 1 is 1.47 bits per heavy atom. The first-order valence-corrected chi connectivity index (χ1v) is 9.34. The SMILES string of the molecule is CS(=O)(=O)N1C[C@H]2CCCN(Cc3nccs3)[C@H]2C1. The lowest BCUT2D eigenvalue weighted by Crippen LogP contribution is -2.44. The zero-order valence-corrected chi connectivity index (χ0v) is 12.7. The van der Waals surface area contributed by atoms with Crippen molar-refractivity contribution in [2.45, 2.75) is 25.4 Å². The van der Waals surface area contributed by atoms with E-state index in [1.807, 2.05) is 11.6 Å². The molecule has 0 saturated carbocycles. The van der Waals surface area contributed by atoms with Crippen molar-refractivity contribution in [1.82, 2.24) is 14.2 Å². The van der Waals surface area contributed by atoms with Crippen molar-refractivity contribution in [3.8, 4) is 0 Å². The number of hydrogen-bond donors (Lipinski definition) is 0. The van der Waals surface area contributed by atoms with Gasteiger partial charge in [-0.3, -0.25) is 4.90 Å². The molecule has 7 heteroatoms. The molecule has 5 nitrogen and oxygen atoms in total. The first kappa shape index (κ1) is 13.5. The minimum atomic E-state index is -3.05.